The summed E-state index contributed by atoms with van der Waals surface area (Å²) in [6.45, 7) is 8.73. The van der Waals surface area contributed by atoms with E-state index >= 15 is 0 Å². The van der Waals surface area contributed by atoms with Crippen LogP contribution in [0.5, 0.6) is 0 Å². The number of halogens is 1. The number of hydrogen-bond donors (Lipinski definition) is 11. The fourth-order valence-electron chi connectivity index (χ4n) is 4.92. The van der Waals surface area contributed by atoms with Crippen LogP contribution in [0.25, 0.3) is 11.0 Å². The van der Waals surface area contributed by atoms with Crippen molar-refractivity contribution < 1.29 is 24.0 Å². The summed E-state index contributed by atoms with van der Waals surface area (Å²) in [5.74, 6) is -2.39. The molecule has 4 heterocycles. The maximum atomic E-state index is 13.2. The summed E-state index contributed by atoms with van der Waals surface area (Å²) < 4.78 is 0.164. The summed E-state index contributed by atoms with van der Waals surface area (Å²) in [5.41, 5.74) is 9.99. The molecule has 0 saturated heterocycles. The lowest BCUT2D eigenvalue weighted by molar-refractivity contribution is -0.112. The van der Waals surface area contributed by atoms with Crippen molar-refractivity contribution >= 4 is 85.1 Å². The Morgan fingerprint density at radius 2 is 1.30 bits per heavy atom. The number of anilines is 4. The Hall–Kier alpha value is -6.43. The van der Waals surface area contributed by atoms with Gasteiger partial charge in [-0.2, -0.15) is 0 Å². The molecule has 0 aliphatic rings. The molecule has 0 unspecified atom stereocenters. The van der Waals surface area contributed by atoms with Gasteiger partial charge >= 0.3 is 0 Å². The average molecular weight is 746 g/mol. The Balaban J connectivity index is 1.21. The molecule has 12 N–H and O–H groups in total. The zero-order valence-corrected chi connectivity index (χ0v) is 28.6. The van der Waals surface area contributed by atoms with Gasteiger partial charge < -0.3 is 52.3 Å². The van der Waals surface area contributed by atoms with E-state index < -0.39 is 29.5 Å². The lowest BCUT2D eigenvalue weighted by atomic mass is 10.2. The van der Waals surface area contributed by atoms with E-state index in [1.807, 2.05) is 0 Å². The SMILES string of the molecule is C=C(Br)C(=O)Nc1ccc2[nH]c(C(=O)Nc3c[nH]c(C(=O)Nc4c[nH]c(C(=O)Nc5c[nH]c(C(=O)NCCC(=N)N)c5C)c4C)c3C)nc2c1. The van der Waals surface area contributed by atoms with Gasteiger partial charge in [-0.1, -0.05) is 6.58 Å². The summed E-state index contributed by atoms with van der Waals surface area (Å²) in [6.07, 6.45) is 4.67. The van der Waals surface area contributed by atoms with E-state index in [1.165, 1.54) is 18.6 Å². The van der Waals surface area contributed by atoms with Gasteiger partial charge in [-0.3, -0.25) is 29.4 Å². The number of fused-ring (bicyclic) bond motifs is 1. The predicted octanol–water partition coefficient (Wildman–Crippen LogP) is 4.13. The molecule has 0 spiro atoms. The number of nitrogens with one attached hydrogen (secondary N) is 10. The van der Waals surface area contributed by atoms with Gasteiger partial charge in [0.05, 0.1) is 38.4 Å². The van der Waals surface area contributed by atoms with Gasteiger partial charge in [0.1, 0.15) is 17.1 Å². The minimum absolute atomic E-state index is 0.0210. The van der Waals surface area contributed by atoms with Crippen LogP contribution in [0.4, 0.5) is 22.7 Å². The van der Waals surface area contributed by atoms with Crippen molar-refractivity contribution in [3.05, 3.63) is 87.4 Å². The summed E-state index contributed by atoms with van der Waals surface area (Å²) in [7, 11) is 0. The van der Waals surface area contributed by atoms with Crippen LogP contribution in [0.2, 0.25) is 0 Å². The topological polar surface area (TPSA) is 271 Å². The second kappa shape index (κ2) is 14.4. The van der Waals surface area contributed by atoms with Crippen LogP contribution in [0, 0.1) is 26.2 Å². The number of nitrogens with zero attached hydrogens (tertiary/aromatic N) is 1. The van der Waals surface area contributed by atoms with Crippen LogP contribution in [-0.2, 0) is 4.79 Å². The molecular formula is C32H33BrN12O5. The monoisotopic (exact) mass is 744 g/mol. The number of rotatable bonds is 12. The van der Waals surface area contributed by atoms with Gasteiger partial charge in [-0.15, -0.1) is 0 Å². The molecule has 5 rings (SSSR count). The number of benzene rings is 1. The highest BCUT2D eigenvalue weighted by molar-refractivity contribution is 9.12. The van der Waals surface area contributed by atoms with E-state index in [0.717, 1.165) is 0 Å². The molecule has 17 nitrogen and oxygen atoms in total. The van der Waals surface area contributed by atoms with Crippen molar-refractivity contribution in [3.8, 4) is 0 Å². The Bertz CT molecular complexity index is 2200. The highest BCUT2D eigenvalue weighted by Gasteiger charge is 2.22. The van der Waals surface area contributed by atoms with Gasteiger partial charge in [0.25, 0.3) is 29.5 Å². The van der Waals surface area contributed by atoms with Crippen LogP contribution in [0.15, 0.2) is 47.9 Å². The average Bonchev–Trinajstić information content (AvgIpc) is 3.83. The van der Waals surface area contributed by atoms with E-state index in [9.17, 15) is 24.0 Å². The molecule has 50 heavy (non-hydrogen) atoms. The third-order valence-corrected chi connectivity index (χ3v) is 8.09. The molecule has 0 bridgehead atoms. The Morgan fingerprint density at radius 1 is 0.800 bits per heavy atom. The Labute approximate surface area is 292 Å². The second-order valence-corrected chi connectivity index (χ2v) is 12.1. The van der Waals surface area contributed by atoms with Crippen LogP contribution in [0.1, 0.15) is 65.2 Å². The molecule has 0 fully saturated rings. The zero-order valence-electron chi connectivity index (χ0n) is 27.0. The number of nitrogens with two attached hydrogens (primary N) is 1. The number of aromatic nitrogens is 5. The first kappa shape index (κ1) is 34.9. The maximum Gasteiger partial charge on any atom is 0.291 e. The molecule has 1 aromatic carbocycles. The first-order valence-corrected chi connectivity index (χ1v) is 15.8. The predicted molar refractivity (Wildman–Crippen MR) is 192 cm³/mol. The molecule has 0 saturated carbocycles. The lowest BCUT2D eigenvalue weighted by Gasteiger charge is -2.07. The molecule has 0 radical (unpaired) electrons. The van der Waals surface area contributed by atoms with Crippen LogP contribution in [0.3, 0.4) is 0 Å². The standard InChI is InChI=1S/C32H33BrN12O5/c1-13-20(10-37-24(13)29(47)36-8-7-23(34)35)43-30(48)25-14(2)21(11-38-25)44-31(49)26-15(3)22(12-39-26)45-32(50)27-41-18-6-5-17(9-19(18)42-27)40-28(46)16(4)33/h5-6,9-12,37-39H,4,7-8H2,1-3H3,(H3,34,35)(H,36,47)(H,40,46)(H,41,42)(H,43,48)(H,44,49)(H,45,50). The first-order chi connectivity index (χ1) is 23.7. The number of amides is 5. The number of carbonyl (C=O) groups is 5. The minimum Gasteiger partial charge on any atom is -0.388 e. The minimum atomic E-state index is -0.551. The second-order valence-electron chi connectivity index (χ2n) is 11.2. The van der Waals surface area contributed by atoms with Crippen molar-refractivity contribution in [2.75, 3.05) is 27.8 Å². The van der Waals surface area contributed by atoms with Crippen LogP contribution < -0.4 is 32.3 Å². The summed E-state index contributed by atoms with van der Waals surface area (Å²) in [6, 6.07) is 4.94. The molecule has 258 valence electrons. The number of aromatic amines is 4. The molecule has 18 heteroatoms. The van der Waals surface area contributed by atoms with Crippen molar-refractivity contribution in [1.29, 1.82) is 5.41 Å². The van der Waals surface area contributed by atoms with Gasteiger partial charge in [0.15, 0.2) is 5.82 Å². The van der Waals surface area contributed by atoms with Crippen molar-refractivity contribution in [2.24, 2.45) is 5.73 Å². The summed E-state index contributed by atoms with van der Waals surface area (Å²) in [5, 5.41) is 20.8. The fourth-order valence-corrected chi connectivity index (χ4v) is 5.02. The Kier molecular flexibility index (Phi) is 10.0. The largest absolute Gasteiger partial charge is 0.388 e. The third kappa shape index (κ3) is 7.49. The molecule has 0 atom stereocenters. The quantitative estimate of drug-likeness (QED) is 0.0504. The lowest BCUT2D eigenvalue weighted by Crippen LogP contribution is -2.28. The van der Waals surface area contributed by atoms with Gasteiger partial charge in [-0.25, -0.2) is 4.98 Å². The molecule has 5 aromatic rings. The highest BCUT2D eigenvalue weighted by Crippen LogP contribution is 2.25. The molecule has 4 aromatic heterocycles. The summed E-state index contributed by atoms with van der Waals surface area (Å²) in [4.78, 5) is 79.6. The van der Waals surface area contributed by atoms with Gasteiger partial charge in [0.2, 0.25) is 0 Å². The molecule has 0 aliphatic carbocycles. The molecule has 0 aliphatic heterocycles. The molecule has 5 amide bonds. The Morgan fingerprint density at radius 3 is 1.80 bits per heavy atom. The number of amidine groups is 1. The van der Waals surface area contributed by atoms with Crippen LogP contribution >= 0.6 is 15.9 Å². The van der Waals surface area contributed by atoms with E-state index in [1.54, 1.807) is 39.0 Å². The molecular weight excluding hydrogens is 712 g/mol. The number of imidazole rings is 1. The smallest absolute Gasteiger partial charge is 0.291 e. The van der Waals surface area contributed by atoms with E-state index in [2.05, 4.69) is 74.0 Å². The van der Waals surface area contributed by atoms with Crippen LogP contribution in [-0.4, -0.2) is 66.8 Å². The third-order valence-electron chi connectivity index (χ3n) is 7.73. The van der Waals surface area contributed by atoms with E-state index in [0.29, 0.717) is 50.5 Å². The first-order valence-electron chi connectivity index (χ1n) is 15.0. The fraction of sp³-hybridized carbons (Fsp3) is 0.156. The van der Waals surface area contributed by atoms with Gasteiger partial charge in [0, 0.05) is 53.9 Å². The maximum absolute atomic E-state index is 13.2. The zero-order chi connectivity index (χ0) is 36.3. The number of H-pyrrole nitrogens is 4. The number of hydrogen-bond acceptors (Lipinski definition) is 7. The van der Waals surface area contributed by atoms with Gasteiger partial charge in [-0.05, 0) is 54.9 Å². The van der Waals surface area contributed by atoms with Crippen molar-refractivity contribution in [1.82, 2.24) is 30.2 Å². The normalized spacial score (nSPS) is 10.8. The number of carbonyl (C=O) groups excluding carboxylic acids is 5. The van der Waals surface area contributed by atoms with E-state index in [-0.39, 0.29) is 46.2 Å². The van der Waals surface area contributed by atoms with E-state index in [4.69, 9.17) is 11.1 Å². The highest BCUT2D eigenvalue weighted by atomic mass is 79.9. The van der Waals surface area contributed by atoms with Crippen molar-refractivity contribution in [3.63, 3.8) is 0 Å². The summed E-state index contributed by atoms with van der Waals surface area (Å²) >= 11 is 3.03. The van der Waals surface area contributed by atoms with Crippen molar-refractivity contribution in [2.45, 2.75) is 27.2 Å².